The fraction of sp³-hybridized carbons (Fsp3) is 0.545. The zero-order chi connectivity index (χ0) is 20.2. The molecule has 0 spiro atoms. The maximum absolute atomic E-state index is 4.39. The van der Waals surface area contributed by atoms with Crippen LogP contribution in [-0.2, 0) is 13.1 Å². The summed E-state index contributed by atoms with van der Waals surface area (Å²) in [5.74, 6) is 0.851. The van der Waals surface area contributed by atoms with E-state index in [1.54, 1.807) is 0 Å². The lowest BCUT2D eigenvalue weighted by molar-refractivity contribution is 0.292. The summed E-state index contributed by atoms with van der Waals surface area (Å²) in [6.45, 7) is 11.6. The number of benzene rings is 1. The van der Waals surface area contributed by atoms with Crippen molar-refractivity contribution in [2.24, 2.45) is 4.99 Å². The first-order valence-corrected chi connectivity index (χ1v) is 10.4. The van der Waals surface area contributed by atoms with Crippen LogP contribution < -0.4 is 10.6 Å². The van der Waals surface area contributed by atoms with E-state index in [1.165, 1.54) is 17.5 Å². The van der Waals surface area contributed by atoms with Crippen molar-refractivity contribution in [1.29, 1.82) is 0 Å². The van der Waals surface area contributed by atoms with Gasteiger partial charge >= 0.3 is 0 Å². The fourth-order valence-electron chi connectivity index (χ4n) is 3.29. The first-order valence-electron chi connectivity index (χ1n) is 10.4. The van der Waals surface area contributed by atoms with Crippen LogP contribution in [0.2, 0.25) is 0 Å². The maximum Gasteiger partial charge on any atom is 0.191 e. The van der Waals surface area contributed by atoms with Gasteiger partial charge in [0.15, 0.2) is 5.96 Å². The number of hydrogen-bond donors (Lipinski definition) is 2. The molecule has 0 saturated carbocycles. The fourth-order valence-corrected chi connectivity index (χ4v) is 3.29. The van der Waals surface area contributed by atoms with Crippen LogP contribution in [0, 0.1) is 0 Å². The van der Waals surface area contributed by atoms with Gasteiger partial charge in [-0.25, -0.2) is 0 Å². The Morgan fingerprint density at radius 1 is 1.18 bits per heavy atom. The number of aromatic nitrogens is 2. The van der Waals surface area contributed by atoms with Gasteiger partial charge in [0, 0.05) is 32.0 Å². The third-order valence-electron chi connectivity index (χ3n) is 5.07. The van der Waals surface area contributed by atoms with E-state index in [-0.39, 0.29) is 0 Å². The molecule has 0 fully saturated rings. The number of aliphatic imine (C=N–C) groups is 1. The lowest BCUT2D eigenvalue weighted by Crippen LogP contribution is -2.42. The summed E-state index contributed by atoms with van der Waals surface area (Å²) in [7, 11) is 1.83. The topological polar surface area (TPSA) is 57.5 Å². The molecule has 1 heterocycles. The highest BCUT2D eigenvalue weighted by Crippen LogP contribution is 2.10. The highest BCUT2D eigenvalue weighted by Gasteiger charge is 2.08. The number of guanidine groups is 1. The number of nitrogens with zero attached hydrogens (tertiary/aromatic N) is 4. The summed E-state index contributed by atoms with van der Waals surface area (Å²) in [4.78, 5) is 6.86. The minimum absolute atomic E-state index is 0.390. The molecule has 154 valence electrons. The molecule has 0 bridgehead atoms. The Labute approximate surface area is 170 Å². The molecule has 2 N–H and O–H groups in total. The molecule has 0 saturated heterocycles. The second kappa shape index (κ2) is 12.2. The van der Waals surface area contributed by atoms with Crippen LogP contribution in [0.5, 0.6) is 0 Å². The Balaban J connectivity index is 1.82. The van der Waals surface area contributed by atoms with Crippen molar-refractivity contribution in [3.8, 4) is 0 Å². The van der Waals surface area contributed by atoms with E-state index in [0.717, 1.165) is 45.1 Å². The largest absolute Gasteiger partial charge is 0.354 e. The van der Waals surface area contributed by atoms with Gasteiger partial charge < -0.3 is 15.5 Å². The summed E-state index contributed by atoms with van der Waals surface area (Å²) in [6, 6.07) is 10.8. The van der Waals surface area contributed by atoms with Crippen LogP contribution >= 0.6 is 0 Å². The van der Waals surface area contributed by atoms with E-state index in [9.17, 15) is 0 Å². The highest BCUT2D eigenvalue weighted by molar-refractivity contribution is 5.79. The second-order valence-corrected chi connectivity index (χ2v) is 7.11. The highest BCUT2D eigenvalue weighted by atomic mass is 15.3. The lowest BCUT2D eigenvalue weighted by atomic mass is 10.1. The Kier molecular flexibility index (Phi) is 9.55. The molecule has 1 atom stereocenters. The van der Waals surface area contributed by atoms with Gasteiger partial charge in [-0.3, -0.25) is 9.67 Å². The van der Waals surface area contributed by atoms with Crippen LogP contribution in [0.25, 0.3) is 0 Å². The SMILES string of the molecule is CCN(CC)CCCC(C)NC(=NC)NCc1ccccc1Cn1cccn1. The minimum Gasteiger partial charge on any atom is -0.354 e. The molecule has 1 aromatic carbocycles. The van der Waals surface area contributed by atoms with Crippen molar-refractivity contribution in [1.82, 2.24) is 25.3 Å². The molecule has 6 heteroatoms. The third-order valence-corrected chi connectivity index (χ3v) is 5.07. The molecule has 0 aliphatic rings. The van der Waals surface area contributed by atoms with E-state index in [4.69, 9.17) is 0 Å². The Bertz CT molecular complexity index is 691. The van der Waals surface area contributed by atoms with Crippen LogP contribution in [0.15, 0.2) is 47.7 Å². The Hall–Kier alpha value is -2.34. The Morgan fingerprint density at radius 3 is 2.57 bits per heavy atom. The molecule has 0 radical (unpaired) electrons. The van der Waals surface area contributed by atoms with Gasteiger partial charge in [-0.05, 0) is 56.6 Å². The smallest absolute Gasteiger partial charge is 0.191 e. The minimum atomic E-state index is 0.390. The summed E-state index contributed by atoms with van der Waals surface area (Å²) in [5.41, 5.74) is 2.52. The molecular formula is C22H36N6. The third kappa shape index (κ3) is 7.35. The van der Waals surface area contributed by atoms with E-state index in [2.05, 4.69) is 70.7 Å². The normalized spacial score (nSPS) is 13.0. The molecule has 1 aromatic heterocycles. The molecule has 2 rings (SSSR count). The monoisotopic (exact) mass is 384 g/mol. The number of hydrogen-bond acceptors (Lipinski definition) is 3. The maximum atomic E-state index is 4.39. The van der Waals surface area contributed by atoms with Gasteiger partial charge in [0.05, 0.1) is 6.54 Å². The number of rotatable bonds is 11. The summed E-state index contributed by atoms with van der Waals surface area (Å²) < 4.78 is 1.95. The molecule has 28 heavy (non-hydrogen) atoms. The molecule has 0 aliphatic heterocycles. The second-order valence-electron chi connectivity index (χ2n) is 7.11. The van der Waals surface area contributed by atoms with Gasteiger partial charge in [0.25, 0.3) is 0 Å². The molecule has 2 aromatic rings. The van der Waals surface area contributed by atoms with E-state index in [0.29, 0.717) is 6.04 Å². The van der Waals surface area contributed by atoms with Gasteiger partial charge in [0.2, 0.25) is 0 Å². The number of nitrogens with one attached hydrogen (secondary N) is 2. The lowest BCUT2D eigenvalue weighted by Gasteiger charge is -2.21. The van der Waals surface area contributed by atoms with Crippen LogP contribution in [0.1, 0.15) is 44.7 Å². The van der Waals surface area contributed by atoms with Crippen molar-refractivity contribution >= 4 is 5.96 Å². The Morgan fingerprint density at radius 2 is 1.93 bits per heavy atom. The predicted octanol–water partition coefficient (Wildman–Crippen LogP) is 3.11. The summed E-state index contributed by atoms with van der Waals surface area (Å²) in [6.07, 6.45) is 6.13. The van der Waals surface area contributed by atoms with Crippen molar-refractivity contribution in [3.63, 3.8) is 0 Å². The standard InChI is InChI=1S/C22H36N6/c1-5-27(6-2)15-9-11-19(3)26-22(23-4)24-17-20-12-7-8-13-21(20)18-28-16-10-14-25-28/h7-8,10,12-14,16,19H,5-6,9,11,15,17-18H2,1-4H3,(H2,23,24,26). The van der Waals surface area contributed by atoms with Crippen LogP contribution in [0.3, 0.4) is 0 Å². The van der Waals surface area contributed by atoms with Crippen molar-refractivity contribution in [3.05, 3.63) is 53.9 Å². The van der Waals surface area contributed by atoms with Crippen molar-refractivity contribution in [2.45, 2.75) is 52.7 Å². The zero-order valence-corrected chi connectivity index (χ0v) is 17.9. The predicted molar refractivity (Wildman–Crippen MR) is 118 cm³/mol. The molecular weight excluding hydrogens is 348 g/mol. The zero-order valence-electron chi connectivity index (χ0n) is 17.9. The first kappa shape index (κ1) is 22.0. The molecule has 0 aliphatic carbocycles. The quantitative estimate of drug-likeness (QED) is 0.462. The van der Waals surface area contributed by atoms with Crippen LogP contribution in [-0.4, -0.2) is 53.4 Å². The van der Waals surface area contributed by atoms with E-state index in [1.807, 2.05) is 30.2 Å². The first-order chi connectivity index (χ1) is 13.7. The van der Waals surface area contributed by atoms with Crippen LogP contribution in [0.4, 0.5) is 0 Å². The van der Waals surface area contributed by atoms with Gasteiger partial charge in [0.1, 0.15) is 0 Å². The van der Waals surface area contributed by atoms with Gasteiger partial charge in [-0.15, -0.1) is 0 Å². The van der Waals surface area contributed by atoms with E-state index < -0.39 is 0 Å². The average molecular weight is 385 g/mol. The molecule has 1 unspecified atom stereocenters. The molecule has 6 nitrogen and oxygen atoms in total. The average Bonchev–Trinajstić information content (AvgIpc) is 3.22. The molecule has 0 amide bonds. The summed E-state index contributed by atoms with van der Waals surface area (Å²) in [5, 5.41) is 11.3. The van der Waals surface area contributed by atoms with E-state index >= 15 is 0 Å². The van der Waals surface area contributed by atoms with Crippen molar-refractivity contribution in [2.75, 3.05) is 26.7 Å². The van der Waals surface area contributed by atoms with Gasteiger partial charge in [-0.1, -0.05) is 38.1 Å². The van der Waals surface area contributed by atoms with Crippen molar-refractivity contribution < 1.29 is 0 Å². The summed E-state index contributed by atoms with van der Waals surface area (Å²) >= 11 is 0. The van der Waals surface area contributed by atoms with Gasteiger partial charge in [-0.2, -0.15) is 5.10 Å².